The van der Waals surface area contributed by atoms with Gasteiger partial charge in [-0.25, -0.2) is 4.39 Å². The van der Waals surface area contributed by atoms with E-state index in [2.05, 4.69) is 6.26 Å². The predicted molar refractivity (Wildman–Crippen MR) is 65.6 cm³/mol. The van der Waals surface area contributed by atoms with Gasteiger partial charge in [-0.2, -0.15) is 11.8 Å². The maximum Gasteiger partial charge on any atom is 0.126 e. The number of hydrogen-bond donors (Lipinski definition) is 1. The first-order valence-corrected chi connectivity index (χ1v) is 6.59. The molecule has 1 aromatic carbocycles. The summed E-state index contributed by atoms with van der Waals surface area (Å²) in [4.78, 5) is 0. The van der Waals surface area contributed by atoms with Crippen LogP contribution in [0.25, 0.3) is 0 Å². The highest BCUT2D eigenvalue weighted by molar-refractivity contribution is 7.98. The number of thioether (sulfide) groups is 1. The molecule has 0 aromatic heterocycles. The van der Waals surface area contributed by atoms with Crippen molar-refractivity contribution in [1.29, 1.82) is 0 Å². The van der Waals surface area contributed by atoms with Crippen LogP contribution in [-0.4, -0.2) is 18.6 Å². The van der Waals surface area contributed by atoms with Gasteiger partial charge < -0.3 is 5.73 Å². The summed E-state index contributed by atoms with van der Waals surface area (Å²) in [6.45, 7) is 0.634. The molecule has 0 amide bonds. The van der Waals surface area contributed by atoms with Crippen molar-refractivity contribution >= 4 is 11.8 Å². The zero-order valence-electron chi connectivity index (χ0n) is 9.08. The van der Waals surface area contributed by atoms with Gasteiger partial charge in [-0.05, 0) is 48.9 Å². The van der Waals surface area contributed by atoms with Crippen molar-refractivity contribution in [3.8, 4) is 0 Å². The van der Waals surface area contributed by atoms with E-state index < -0.39 is 0 Å². The maximum atomic E-state index is 13.4. The zero-order valence-corrected chi connectivity index (χ0v) is 9.90. The molecule has 0 aliphatic rings. The Labute approximate surface area is 95.2 Å². The molecule has 0 saturated carbocycles. The van der Waals surface area contributed by atoms with E-state index in [-0.39, 0.29) is 5.82 Å². The van der Waals surface area contributed by atoms with Crippen molar-refractivity contribution in [1.82, 2.24) is 0 Å². The summed E-state index contributed by atoms with van der Waals surface area (Å²) in [7, 11) is 0. The lowest BCUT2D eigenvalue weighted by atomic mass is 9.97. The zero-order chi connectivity index (χ0) is 11.1. The topological polar surface area (TPSA) is 26.0 Å². The first-order valence-electron chi connectivity index (χ1n) is 5.20. The number of halogens is 1. The molecule has 1 atom stereocenters. The molecule has 0 bridgehead atoms. The Morgan fingerprint density at radius 3 is 2.73 bits per heavy atom. The fourth-order valence-corrected chi connectivity index (χ4v) is 2.13. The number of rotatable bonds is 6. The smallest absolute Gasteiger partial charge is 0.126 e. The van der Waals surface area contributed by atoms with Crippen LogP contribution in [-0.2, 0) is 6.42 Å². The predicted octanol–water partition coefficient (Wildman–Crippen LogP) is 2.70. The van der Waals surface area contributed by atoms with Crippen molar-refractivity contribution in [2.24, 2.45) is 11.7 Å². The van der Waals surface area contributed by atoms with Crippen LogP contribution >= 0.6 is 11.8 Å². The molecule has 0 heterocycles. The van der Waals surface area contributed by atoms with Crippen molar-refractivity contribution in [3.63, 3.8) is 0 Å². The fraction of sp³-hybridized carbons (Fsp3) is 0.500. The van der Waals surface area contributed by atoms with Crippen molar-refractivity contribution in [2.45, 2.75) is 12.8 Å². The average Bonchev–Trinajstić information content (AvgIpc) is 2.26. The lowest BCUT2D eigenvalue weighted by Crippen LogP contribution is -2.18. The van der Waals surface area contributed by atoms with Gasteiger partial charge in [-0.3, -0.25) is 0 Å². The first-order chi connectivity index (χ1) is 7.27. The van der Waals surface area contributed by atoms with Gasteiger partial charge in [-0.1, -0.05) is 18.2 Å². The van der Waals surface area contributed by atoms with Crippen LogP contribution in [0.15, 0.2) is 24.3 Å². The molecule has 3 heteroatoms. The lowest BCUT2D eigenvalue weighted by Gasteiger charge is -2.14. The van der Waals surface area contributed by atoms with Crippen LogP contribution in [0, 0.1) is 11.7 Å². The second-order valence-corrected chi connectivity index (χ2v) is 4.66. The molecule has 1 aromatic rings. The Kier molecular flexibility index (Phi) is 5.73. The molecule has 0 saturated heterocycles. The van der Waals surface area contributed by atoms with Crippen LogP contribution in [0.4, 0.5) is 4.39 Å². The van der Waals surface area contributed by atoms with Crippen LogP contribution < -0.4 is 5.73 Å². The van der Waals surface area contributed by atoms with Gasteiger partial charge in [0.25, 0.3) is 0 Å². The molecule has 1 nitrogen and oxygen atoms in total. The molecule has 1 unspecified atom stereocenters. The molecule has 0 spiro atoms. The Hall–Kier alpha value is -0.540. The summed E-state index contributed by atoms with van der Waals surface area (Å²) >= 11 is 1.81. The Bertz CT molecular complexity index is 291. The molecule has 0 aliphatic carbocycles. The third-order valence-electron chi connectivity index (χ3n) is 2.53. The SMILES string of the molecule is CSCCC(CN)Cc1ccccc1F. The van der Waals surface area contributed by atoms with E-state index in [9.17, 15) is 4.39 Å². The minimum absolute atomic E-state index is 0.111. The third kappa shape index (κ3) is 4.22. The summed E-state index contributed by atoms with van der Waals surface area (Å²) in [5.74, 6) is 1.38. The highest BCUT2D eigenvalue weighted by Gasteiger charge is 2.10. The van der Waals surface area contributed by atoms with Crippen molar-refractivity contribution in [3.05, 3.63) is 35.6 Å². The summed E-state index contributed by atoms with van der Waals surface area (Å²) in [6.07, 6.45) is 3.90. The summed E-state index contributed by atoms with van der Waals surface area (Å²) in [5, 5.41) is 0. The van der Waals surface area contributed by atoms with Gasteiger partial charge in [0.05, 0.1) is 0 Å². The van der Waals surface area contributed by atoms with E-state index in [0.717, 1.165) is 24.2 Å². The largest absolute Gasteiger partial charge is 0.330 e. The van der Waals surface area contributed by atoms with Gasteiger partial charge in [0, 0.05) is 0 Å². The van der Waals surface area contributed by atoms with Crippen LogP contribution in [0.3, 0.4) is 0 Å². The Balaban J connectivity index is 2.54. The quantitative estimate of drug-likeness (QED) is 0.808. The van der Waals surface area contributed by atoms with Gasteiger partial charge in [0.1, 0.15) is 5.82 Å². The molecule has 0 radical (unpaired) electrons. The van der Waals surface area contributed by atoms with E-state index in [4.69, 9.17) is 5.73 Å². The minimum Gasteiger partial charge on any atom is -0.330 e. The minimum atomic E-state index is -0.111. The molecule has 84 valence electrons. The van der Waals surface area contributed by atoms with Crippen molar-refractivity contribution in [2.75, 3.05) is 18.6 Å². The molecule has 2 N–H and O–H groups in total. The van der Waals surface area contributed by atoms with E-state index in [1.807, 2.05) is 23.9 Å². The monoisotopic (exact) mass is 227 g/mol. The van der Waals surface area contributed by atoms with E-state index in [1.54, 1.807) is 6.07 Å². The van der Waals surface area contributed by atoms with Gasteiger partial charge in [0.15, 0.2) is 0 Å². The van der Waals surface area contributed by atoms with E-state index >= 15 is 0 Å². The lowest BCUT2D eigenvalue weighted by molar-refractivity contribution is 0.504. The standard InChI is InChI=1S/C12H18FNS/c1-15-7-6-10(9-14)8-11-4-2-3-5-12(11)13/h2-5,10H,6-9,14H2,1H3. The van der Waals surface area contributed by atoms with Gasteiger partial charge >= 0.3 is 0 Å². The van der Waals surface area contributed by atoms with Gasteiger partial charge in [-0.15, -0.1) is 0 Å². The van der Waals surface area contributed by atoms with Crippen molar-refractivity contribution < 1.29 is 4.39 Å². The normalized spacial score (nSPS) is 12.7. The van der Waals surface area contributed by atoms with Crippen LogP contribution in [0.5, 0.6) is 0 Å². The highest BCUT2D eigenvalue weighted by Crippen LogP contribution is 2.16. The number of benzene rings is 1. The maximum absolute atomic E-state index is 13.4. The van der Waals surface area contributed by atoms with Gasteiger partial charge in [0.2, 0.25) is 0 Å². The van der Waals surface area contributed by atoms with E-state index in [0.29, 0.717) is 12.5 Å². The highest BCUT2D eigenvalue weighted by atomic mass is 32.2. The average molecular weight is 227 g/mol. The Morgan fingerprint density at radius 2 is 2.13 bits per heavy atom. The Morgan fingerprint density at radius 1 is 1.40 bits per heavy atom. The fourth-order valence-electron chi connectivity index (χ4n) is 1.56. The second kappa shape index (κ2) is 6.85. The number of nitrogens with two attached hydrogens (primary N) is 1. The summed E-state index contributed by atoms with van der Waals surface area (Å²) in [5.41, 5.74) is 6.47. The van der Waals surface area contributed by atoms with Crippen LogP contribution in [0.1, 0.15) is 12.0 Å². The molecule has 1 rings (SSSR count). The third-order valence-corrected chi connectivity index (χ3v) is 3.17. The number of hydrogen-bond acceptors (Lipinski definition) is 2. The molecule has 15 heavy (non-hydrogen) atoms. The first kappa shape index (κ1) is 12.5. The van der Waals surface area contributed by atoms with Crippen LogP contribution in [0.2, 0.25) is 0 Å². The molecular weight excluding hydrogens is 209 g/mol. The molecule has 0 fully saturated rings. The summed E-state index contributed by atoms with van der Waals surface area (Å²) < 4.78 is 13.4. The molecular formula is C12H18FNS. The summed E-state index contributed by atoms with van der Waals surface area (Å²) in [6, 6.07) is 6.95. The second-order valence-electron chi connectivity index (χ2n) is 3.68. The van der Waals surface area contributed by atoms with E-state index in [1.165, 1.54) is 6.07 Å². The molecule has 0 aliphatic heterocycles.